The van der Waals surface area contributed by atoms with E-state index in [1.54, 1.807) is 0 Å². The lowest BCUT2D eigenvalue weighted by atomic mass is 10.1. The van der Waals surface area contributed by atoms with Gasteiger partial charge in [0.15, 0.2) is 0 Å². The molecule has 0 radical (unpaired) electrons. The molecule has 0 aliphatic rings. The van der Waals surface area contributed by atoms with Crippen molar-refractivity contribution < 1.29 is 19.4 Å². The van der Waals surface area contributed by atoms with Crippen molar-refractivity contribution in [2.75, 3.05) is 12.4 Å². The van der Waals surface area contributed by atoms with E-state index >= 15 is 0 Å². The lowest BCUT2D eigenvalue weighted by Crippen LogP contribution is -2.12. The van der Waals surface area contributed by atoms with Crippen LogP contribution in [-0.4, -0.2) is 24.1 Å². The van der Waals surface area contributed by atoms with Crippen LogP contribution in [0.3, 0.4) is 0 Å². The molecular weight excluding hydrogens is 342 g/mol. The fourth-order valence-corrected chi connectivity index (χ4v) is 2.62. The fourth-order valence-electron chi connectivity index (χ4n) is 2.41. The first kappa shape index (κ1) is 18.8. The Balaban J connectivity index is 1.95. The lowest BCUT2D eigenvalue weighted by molar-refractivity contribution is -0.116. The molecule has 1 amide bonds. The summed E-state index contributed by atoms with van der Waals surface area (Å²) >= 11 is 6.06. The first-order chi connectivity index (χ1) is 11.9. The van der Waals surface area contributed by atoms with E-state index < -0.39 is 5.97 Å². The summed E-state index contributed by atoms with van der Waals surface area (Å²) in [5.41, 5.74) is 2.67. The van der Waals surface area contributed by atoms with Crippen LogP contribution in [0.4, 0.5) is 5.69 Å². The maximum atomic E-state index is 12.1. The minimum atomic E-state index is -1.14. The van der Waals surface area contributed by atoms with Crippen LogP contribution < -0.4 is 10.1 Å². The molecule has 0 bridgehead atoms. The van der Waals surface area contributed by atoms with Crippen molar-refractivity contribution in [3.8, 4) is 5.75 Å². The summed E-state index contributed by atoms with van der Waals surface area (Å²) in [5.74, 6) is -1.18. The topological polar surface area (TPSA) is 75.6 Å². The maximum Gasteiger partial charge on any atom is 0.339 e. The first-order valence-electron chi connectivity index (χ1n) is 7.87. The Hall–Kier alpha value is -2.53. The third-order valence-corrected chi connectivity index (χ3v) is 4.10. The van der Waals surface area contributed by atoms with Crippen LogP contribution in [-0.2, 0) is 11.2 Å². The molecule has 6 heteroatoms. The van der Waals surface area contributed by atoms with Crippen LogP contribution in [0.5, 0.6) is 5.75 Å². The number of methoxy groups -OCH3 is 1. The number of carbonyl (C=O) groups is 2. The first-order valence-corrected chi connectivity index (χ1v) is 8.24. The van der Waals surface area contributed by atoms with Gasteiger partial charge in [-0.3, -0.25) is 4.79 Å². The number of carbonyl (C=O) groups excluding carboxylic acids is 1. The van der Waals surface area contributed by atoms with Gasteiger partial charge >= 0.3 is 5.97 Å². The Bertz CT molecular complexity index is 772. The molecule has 0 saturated heterocycles. The van der Waals surface area contributed by atoms with Crippen molar-refractivity contribution in [1.82, 2.24) is 0 Å². The molecule has 2 aromatic rings. The Morgan fingerprint density at radius 2 is 1.88 bits per heavy atom. The van der Waals surface area contributed by atoms with E-state index in [9.17, 15) is 9.59 Å². The Morgan fingerprint density at radius 3 is 2.48 bits per heavy atom. The molecule has 0 aliphatic carbocycles. The molecule has 2 N–H and O–H groups in total. The largest absolute Gasteiger partial charge is 0.496 e. The SMILES string of the molecule is COc1cc(NC(=O)CCCc2ccc(C)cc2)c(Cl)cc1C(=O)O. The summed E-state index contributed by atoms with van der Waals surface area (Å²) in [7, 11) is 1.36. The van der Waals surface area contributed by atoms with Gasteiger partial charge in [0.1, 0.15) is 11.3 Å². The van der Waals surface area contributed by atoms with Gasteiger partial charge in [0.05, 0.1) is 17.8 Å². The molecule has 2 aromatic carbocycles. The number of nitrogens with one attached hydrogen (secondary N) is 1. The number of ether oxygens (including phenoxy) is 1. The third-order valence-electron chi connectivity index (χ3n) is 3.78. The summed E-state index contributed by atoms with van der Waals surface area (Å²) in [5, 5.41) is 12.0. The number of amides is 1. The number of hydrogen-bond acceptors (Lipinski definition) is 3. The molecule has 25 heavy (non-hydrogen) atoms. The number of halogens is 1. The van der Waals surface area contributed by atoms with Crippen molar-refractivity contribution in [2.45, 2.75) is 26.2 Å². The Labute approximate surface area is 151 Å². The van der Waals surface area contributed by atoms with Crippen LogP contribution in [0.25, 0.3) is 0 Å². The summed E-state index contributed by atoms with van der Waals surface area (Å²) in [4.78, 5) is 23.2. The molecule has 0 aliphatic heterocycles. The van der Waals surface area contributed by atoms with Gasteiger partial charge in [-0.25, -0.2) is 4.79 Å². The summed E-state index contributed by atoms with van der Waals surface area (Å²) in [6.07, 6.45) is 1.85. The van der Waals surface area contributed by atoms with Crippen LogP contribution in [0.15, 0.2) is 36.4 Å². The van der Waals surface area contributed by atoms with E-state index in [4.69, 9.17) is 21.4 Å². The number of benzene rings is 2. The molecule has 0 spiro atoms. The van der Waals surface area contributed by atoms with Crippen LogP contribution in [0.2, 0.25) is 5.02 Å². The second-order valence-electron chi connectivity index (χ2n) is 5.72. The predicted octanol–water partition coefficient (Wildman–Crippen LogP) is 4.32. The number of aryl methyl sites for hydroxylation is 2. The highest BCUT2D eigenvalue weighted by atomic mass is 35.5. The molecule has 0 unspecified atom stereocenters. The van der Waals surface area contributed by atoms with Crippen LogP contribution in [0.1, 0.15) is 34.3 Å². The van der Waals surface area contributed by atoms with E-state index in [-0.39, 0.29) is 22.2 Å². The standard InChI is InChI=1S/C19H20ClNO4/c1-12-6-8-13(9-7-12)4-3-5-18(22)21-16-11-17(25-2)14(19(23)24)10-15(16)20/h6-11H,3-5H2,1-2H3,(H,21,22)(H,23,24). The van der Waals surface area contributed by atoms with Crippen molar-refractivity contribution >= 4 is 29.2 Å². The van der Waals surface area contributed by atoms with Crippen molar-refractivity contribution in [3.63, 3.8) is 0 Å². The van der Waals surface area contributed by atoms with Crippen molar-refractivity contribution in [2.24, 2.45) is 0 Å². The van der Waals surface area contributed by atoms with E-state index in [1.165, 1.54) is 30.4 Å². The number of carboxylic acids is 1. The predicted molar refractivity (Wildman–Crippen MR) is 97.7 cm³/mol. The zero-order chi connectivity index (χ0) is 18.4. The average Bonchev–Trinajstić information content (AvgIpc) is 2.58. The number of aromatic carboxylic acids is 1. The minimum absolute atomic E-state index is 0.0510. The van der Waals surface area contributed by atoms with Gasteiger partial charge in [-0.2, -0.15) is 0 Å². The van der Waals surface area contributed by atoms with Crippen molar-refractivity contribution in [1.29, 1.82) is 0 Å². The molecule has 0 atom stereocenters. The van der Waals surface area contributed by atoms with Gasteiger partial charge < -0.3 is 15.2 Å². The highest BCUT2D eigenvalue weighted by Gasteiger charge is 2.16. The number of anilines is 1. The smallest absolute Gasteiger partial charge is 0.339 e. The van der Waals surface area contributed by atoms with Crippen molar-refractivity contribution in [3.05, 3.63) is 58.1 Å². The third kappa shape index (κ3) is 5.22. The zero-order valence-corrected chi connectivity index (χ0v) is 14.9. The van der Waals surface area contributed by atoms with Gasteiger partial charge in [0, 0.05) is 12.5 Å². The number of rotatable bonds is 7. The molecule has 132 valence electrons. The molecular formula is C19H20ClNO4. The second-order valence-corrected chi connectivity index (χ2v) is 6.13. The molecule has 2 rings (SSSR count). The molecule has 0 heterocycles. The van der Waals surface area contributed by atoms with E-state index in [2.05, 4.69) is 17.4 Å². The summed E-state index contributed by atoms with van der Waals surface area (Å²) in [6.45, 7) is 2.03. The normalized spacial score (nSPS) is 10.4. The highest BCUT2D eigenvalue weighted by molar-refractivity contribution is 6.34. The minimum Gasteiger partial charge on any atom is -0.496 e. The molecule has 0 aromatic heterocycles. The van der Waals surface area contributed by atoms with Gasteiger partial charge in [0.2, 0.25) is 5.91 Å². The van der Waals surface area contributed by atoms with Gasteiger partial charge in [-0.15, -0.1) is 0 Å². The fraction of sp³-hybridized carbons (Fsp3) is 0.263. The Morgan fingerprint density at radius 1 is 1.20 bits per heavy atom. The maximum absolute atomic E-state index is 12.1. The monoisotopic (exact) mass is 361 g/mol. The van der Waals surface area contributed by atoms with Gasteiger partial charge in [-0.05, 0) is 31.4 Å². The second kappa shape index (κ2) is 8.53. The summed E-state index contributed by atoms with van der Waals surface area (Å²) in [6, 6.07) is 10.9. The van der Waals surface area contributed by atoms with Gasteiger partial charge in [0.25, 0.3) is 0 Å². The van der Waals surface area contributed by atoms with E-state index in [1.807, 2.05) is 19.1 Å². The highest BCUT2D eigenvalue weighted by Crippen LogP contribution is 2.31. The number of hydrogen-bond donors (Lipinski definition) is 2. The lowest BCUT2D eigenvalue weighted by Gasteiger charge is -2.11. The van der Waals surface area contributed by atoms with Crippen LogP contribution in [0, 0.1) is 6.92 Å². The molecule has 0 fully saturated rings. The summed E-state index contributed by atoms with van der Waals surface area (Å²) < 4.78 is 5.04. The molecule has 0 saturated carbocycles. The molecule has 5 nitrogen and oxygen atoms in total. The van der Waals surface area contributed by atoms with E-state index in [0.29, 0.717) is 18.5 Å². The quantitative estimate of drug-likeness (QED) is 0.770. The average molecular weight is 362 g/mol. The zero-order valence-electron chi connectivity index (χ0n) is 14.1. The van der Waals surface area contributed by atoms with E-state index in [0.717, 1.165) is 6.42 Å². The Kier molecular flexibility index (Phi) is 6.42. The number of carboxylic acid groups (broad SMARTS) is 1. The van der Waals surface area contributed by atoms with Crippen LogP contribution >= 0.6 is 11.6 Å². The van der Waals surface area contributed by atoms with Gasteiger partial charge in [-0.1, -0.05) is 41.4 Å².